The molecule has 1 aromatic heterocycles. The van der Waals surface area contributed by atoms with E-state index in [0.717, 1.165) is 31.2 Å². The molecule has 0 unspecified atom stereocenters. The maximum atomic E-state index is 10.6. The number of hydrogen-bond donors (Lipinski definition) is 3. The lowest BCUT2D eigenvalue weighted by Crippen LogP contribution is -2.40. The quantitative estimate of drug-likeness (QED) is 0.209. The molecule has 2 aromatic rings. The summed E-state index contributed by atoms with van der Waals surface area (Å²) in [4.78, 5) is 14.4. The van der Waals surface area contributed by atoms with E-state index in [1.54, 1.807) is 25.4 Å². The lowest BCUT2D eigenvalue weighted by Gasteiger charge is -2.12. The summed E-state index contributed by atoms with van der Waals surface area (Å²) in [5, 5.41) is 24.4. The number of aromatic nitrogens is 2. The van der Waals surface area contributed by atoms with Gasteiger partial charge in [0.1, 0.15) is 0 Å². The number of guanidine groups is 1. The van der Waals surface area contributed by atoms with Crippen molar-refractivity contribution in [3.8, 4) is 0 Å². The molecule has 3 N–H and O–H groups in total. The largest absolute Gasteiger partial charge is 0.383 e. The van der Waals surface area contributed by atoms with Crippen molar-refractivity contribution in [1.82, 2.24) is 20.4 Å². The topological polar surface area (TPSA) is 109 Å². The van der Waals surface area contributed by atoms with Gasteiger partial charge in [-0.25, -0.2) is 0 Å². The van der Waals surface area contributed by atoms with Crippen molar-refractivity contribution in [1.29, 1.82) is 0 Å². The minimum absolute atomic E-state index is 0.0865. The zero-order chi connectivity index (χ0) is 17.9. The number of hydrogen-bond acceptors (Lipinski definition) is 5. The number of nitro groups is 1. The Bertz CT molecular complexity index is 668. The predicted octanol–water partition coefficient (Wildman–Crippen LogP) is 1.46. The minimum atomic E-state index is -0.409. The monoisotopic (exact) mass is 345 g/mol. The van der Waals surface area contributed by atoms with E-state index < -0.39 is 4.92 Å². The molecular weight excluding hydrogens is 322 g/mol. The summed E-state index contributed by atoms with van der Waals surface area (Å²) in [6.07, 6.45) is 4.66. The van der Waals surface area contributed by atoms with Crippen LogP contribution in [0.3, 0.4) is 0 Å². The van der Waals surface area contributed by atoms with E-state index in [2.05, 4.69) is 26.0 Å². The first kappa shape index (κ1) is 18.2. The highest BCUT2D eigenvalue weighted by atomic mass is 16.6. The van der Waals surface area contributed by atoms with Crippen LogP contribution in [0.4, 0.5) is 11.4 Å². The van der Waals surface area contributed by atoms with Gasteiger partial charge in [0, 0.05) is 63.4 Å². The number of nitro benzene ring substituents is 1. The van der Waals surface area contributed by atoms with Crippen molar-refractivity contribution in [2.75, 3.05) is 32.0 Å². The highest BCUT2D eigenvalue weighted by Crippen LogP contribution is 2.14. The van der Waals surface area contributed by atoms with Crippen LogP contribution in [-0.4, -0.2) is 47.3 Å². The van der Waals surface area contributed by atoms with Crippen molar-refractivity contribution < 1.29 is 4.92 Å². The van der Waals surface area contributed by atoms with Crippen LogP contribution in [0.2, 0.25) is 0 Å². The van der Waals surface area contributed by atoms with Crippen LogP contribution in [0.1, 0.15) is 6.42 Å². The van der Waals surface area contributed by atoms with E-state index in [9.17, 15) is 10.1 Å². The van der Waals surface area contributed by atoms with Crippen molar-refractivity contribution >= 4 is 17.3 Å². The number of benzene rings is 1. The van der Waals surface area contributed by atoms with E-state index >= 15 is 0 Å². The molecule has 0 radical (unpaired) electrons. The molecule has 1 aromatic carbocycles. The van der Waals surface area contributed by atoms with Crippen LogP contribution in [0, 0.1) is 10.1 Å². The van der Waals surface area contributed by atoms with Gasteiger partial charge in [-0.1, -0.05) is 0 Å². The molecule has 9 heteroatoms. The Morgan fingerprint density at radius 3 is 2.64 bits per heavy atom. The maximum absolute atomic E-state index is 10.6. The smallest absolute Gasteiger partial charge is 0.269 e. The molecule has 1 heterocycles. The molecule has 0 aliphatic heterocycles. The fourth-order valence-electron chi connectivity index (χ4n) is 2.19. The van der Waals surface area contributed by atoms with Crippen molar-refractivity contribution in [3.05, 3.63) is 52.8 Å². The van der Waals surface area contributed by atoms with Crippen molar-refractivity contribution in [2.24, 2.45) is 4.99 Å². The van der Waals surface area contributed by atoms with Gasteiger partial charge < -0.3 is 16.0 Å². The number of aryl methyl sites for hydroxylation is 1. The summed E-state index contributed by atoms with van der Waals surface area (Å²) < 4.78 is 1.89. The first-order valence-electron chi connectivity index (χ1n) is 8.09. The van der Waals surface area contributed by atoms with E-state index in [0.29, 0.717) is 13.1 Å². The molecule has 0 aliphatic carbocycles. The summed E-state index contributed by atoms with van der Waals surface area (Å²) in [5.74, 6) is 0.742. The van der Waals surface area contributed by atoms with Crippen LogP contribution in [-0.2, 0) is 6.54 Å². The molecule has 25 heavy (non-hydrogen) atoms. The number of rotatable bonds is 9. The fraction of sp³-hybridized carbons (Fsp3) is 0.375. The Morgan fingerprint density at radius 1 is 1.24 bits per heavy atom. The third-order valence-corrected chi connectivity index (χ3v) is 3.46. The Hall–Kier alpha value is -3.10. The summed E-state index contributed by atoms with van der Waals surface area (Å²) >= 11 is 0. The second-order valence-electron chi connectivity index (χ2n) is 5.28. The van der Waals surface area contributed by atoms with Gasteiger partial charge in [-0.3, -0.25) is 19.8 Å². The Morgan fingerprint density at radius 2 is 2.00 bits per heavy atom. The molecule has 0 amide bonds. The van der Waals surface area contributed by atoms with Crippen LogP contribution >= 0.6 is 0 Å². The molecule has 0 saturated heterocycles. The summed E-state index contributed by atoms with van der Waals surface area (Å²) in [6.45, 7) is 3.01. The molecule has 134 valence electrons. The molecule has 0 saturated carbocycles. The predicted molar refractivity (Wildman–Crippen MR) is 97.8 cm³/mol. The van der Waals surface area contributed by atoms with E-state index in [1.165, 1.54) is 12.1 Å². The minimum Gasteiger partial charge on any atom is -0.383 e. The van der Waals surface area contributed by atoms with Crippen LogP contribution in [0.25, 0.3) is 0 Å². The lowest BCUT2D eigenvalue weighted by atomic mass is 10.3. The molecule has 2 rings (SSSR count). The highest BCUT2D eigenvalue weighted by Gasteiger charge is 2.03. The van der Waals surface area contributed by atoms with Gasteiger partial charge in [0.2, 0.25) is 0 Å². The van der Waals surface area contributed by atoms with Crippen LogP contribution < -0.4 is 16.0 Å². The maximum Gasteiger partial charge on any atom is 0.269 e. The first-order valence-corrected chi connectivity index (χ1v) is 8.09. The van der Waals surface area contributed by atoms with E-state index in [1.807, 2.05) is 16.9 Å². The lowest BCUT2D eigenvalue weighted by molar-refractivity contribution is -0.384. The summed E-state index contributed by atoms with van der Waals surface area (Å²) in [6, 6.07) is 8.26. The van der Waals surface area contributed by atoms with E-state index in [4.69, 9.17) is 0 Å². The second-order valence-corrected chi connectivity index (χ2v) is 5.28. The van der Waals surface area contributed by atoms with Gasteiger partial charge >= 0.3 is 0 Å². The van der Waals surface area contributed by atoms with Gasteiger partial charge in [-0.2, -0.15) is 5.10 Å². The number of nitrogens with zero attached hydrogens (tertiary/aromatic N) is 4. The van der Waals surface area contributed by atoms with Gasteiger partial charge in [-0.15, -0.1) is 0 Å². The molecule has 9 nitrogen and oxygen atoms in total. The van der Waals surface area contributed by atoms with Gasteiger partial charge in [-0.05, 0) is 24.6 Å². The number of nitrogens with one attached hydrogen (secondary N) is 3. The number of non-ortho nitro benzene ring substituents is 1. The fourth-order valence-corrected chi connectivity index (χ4v) is 2.19. The Balaban J connectivity index is 1.59. The SMILES string of the molecule is CN=C(NCCCn1cccn1)NCCNc1ccc([N+](=O)[O-])cc1. The number of anilines is 1. The second kappa shape index (κ2) is 9.91. The average molecular weight is 345 g/mol. The zero-order valence-electron chi connectivity index (χ0n) is 14.2. The van der Waals surface area contributed by atoms with Crippen molar-refractivity contribution in [3.63, 3.8) is 0 Å². The first-order chi connectivity index (χ1) is 12.2. The molecular formula is C16H23N7O2. The average Bonchev–Trinajstić information content (AvgIpc) is 3.14. The molecule has 0 atom stereocenters. The zero-order valence-corrected chi connectivity index (χ0v) is 14.2. The van der Waals surface area contributed by atoms with Crippen LogP contribution in [0.5, 0.6) is 0 Å². The summed E-state index contributed by atoms with van der Waals surface area (Å²) in [5.41, 5.74) is 0.929. The standard InChI is InChI=1S/C16H23N7O2/c1-17-16(19-8-2-12-22-13-3-9-21-22)20-11-10-18-14-4-6-15(7-5-14)23(24)25/h3-7,9,13,18H,2,8,10-12H2,1H3,(H2,17,19,20). The van der Waals surface area contributed by atoms with Gasteiger partial charge in [0.15, 0.2) is 5.96 Å². The van der Waals surface area contributed by atoms with E-state index in [-0.39, 0.29) is 5.69 Å². The molecule has 0 fully saturated rings. The molecule has 0 spiro atoms. The third-order valence-electron chi connectivity index (χ3n) is 3.46. The summed E-state index contributed by atoms with van der Waals surface area (Å²) in [7, 11) is 1.73. The third kappa shape index (κ3) is 6.50. The van der Waals surface area contributed by atoms with Gasteiger partial charge in [0.25, 0.3) is 5.69 Å². The van der Waals surface area contributed by atoms with Gasteiger partial charge in [0.05, 0.1) is 4.92 Å². The number of aliphatic imine (C=N–C) groups is 1. The molecule has 0 bridgehead atoms. The Labute approximate surface area is 146 Å². The Kier molecular flexibility index (Phi) is 7.23. The highest BCUT2D eigenvalue weighted by molar-refractivity contribution is 5.79. The van der Waals surface area contributed by atoms with Crippen molar-refractivity contribution in [2.45, 2.75) is 13.0 Å². The molecule has 0 aliphatic rings. The normalized spacial score (nSPS) is 11.2. The van der Waals surface area contributed by atoms with Crippen LogP contribution in [0.15, 0.2) is 47.7 Å².